The van der Waals surface area contributed by atoms with Gasteiger partial charge in [-0.15, -0.1) is 0 Å². The van der Waals surface area contributed by atoms with Gasteiger partial charge in [0.15, 0.2) is 0 Å². The summed E-state index contributed by atoms with van der Waals surface area (Å²) in [6.45, 7) is 0. The zero-order valence-corrected chi connectivity index (χ0v) is 10.1. The molecule has 0 aromatic carbocycles. The number of hydrogen-bond acceptors (Lipinski definition) is 6. The Balaban J connectivity index is -0.0000000720. The SMILES string of the molecule is O=[PH]([O-])[O-].O=[PH]([O-])[O-].[Th+4]. The van der Waals surface area contributed by atoms with Crippen LogP contribution in [-0.4, -0.2) is 0 Å². The first kappa shape index (κ1) is 16.9. The van der Waals surface area contributed by atoms with Crippen LogP contribution in [0.4, 0.5) is 0 Å². The van der Waals surface area contributed by atoms with Gasteiger partial charge in [0, 0.05) is 0 Å². The van der Waals surface area contributed by atoms with Crippen LogP contribution in [0.25, 0.3) is 0 Å². The molecule has 9 heteroatoms. The van der Waals surface area contributed by atoms with Gasteiger partial charge in [-0.2, -0.15) is 0 Å². The monoisotopic (exact) mass is 392 g/mol. The van der Waals surface area contributed by atoms with E-state index in [0.29, 0.717) is 0 Å². The van der Waals surface area contributed by atoms with Crippen molar-refractivity contribution < 1.29 is 68.6 Å². The van der Waals surface area contributed by atoms with E-state index in [2.05, 4.69) is 0 Å². The standard InChI is InChI=1S/2H3O3P.Th/c2*1-4(2)3;/h2*4H,(H2,1,2,3);/q;;+4/p-4. The van der Waals surface area contributed by atoms with Crippen LogP contribution in [0.1, 0.15) is 0 Å². The van der Waals surface area contributed by atoms with Crippen molar-refractivity contribution in [2.24, 2.45) is 0 Å². The Labute approximate surface area is 84.5 Å². The summed E-state index contributed by atoms with van der Waals surface area (Å²) in [5.41, 5.74) is 0. The van der Waals surface area contributed by atoms with Gasteiger partial charge in [-0.1, -0.05) is 16.5 Å². The molecule has 0 radical (unpaired) electrons. The van der Waals surface area contributed by atoms with Gasteiger partial charge in [-0.05, 0) is 0 Å². The van der Waals surface area contributed by atoms with Crippen LogP contribution in [0.5, 0.6) is 0 Å². The largest absolute Gasteiger partial charge is 4.00 e. The molecule has 0 heterocycles. The molecule has 0 N–H and O–H groups in total. The second kappa shape index (κ2) is 12.3. The molecule has 0 saturated carbocycles. The molecule has 0 aliphatic carbocycles. The zero-order chi connectivity index (χ0) is 7.15. The molecule has 0 rings (SSSR count). The summed E-state index contributed by atoms with van der Waals surface area (Å²) in [6, 6.07) is 0. The van der Waals surface area contributed by atoms with E-state index in [-0.39, 0.29) is 39.9 Å². The second-order valence-electron chi connectivity index (χ2n) is 0.500. The van der Waals surface area contributed by atoms with Crippen molar-refractivity contribution in [3.63, 3.8) is 0 Å². The number of hydrogen-bond donors (Lipinski definition) is 0. The Morgan fingerprint density at radius 3 is 0.778 bits per heavy atom. The predicted octanol–water partition coefficient (Wildman–Crippen LogP) is -3.81. The van der Waals surface area contributed by atoms with Crippen LogP contribution in [-0.2, 0) is 9.13 Å². The fourth-order valence-corrected chi connectivity index (χ4v) is 0. The van der Waals surface area contributed by atoms with Crippen molar-refractivity contribution in [2.75, 3.05) is 0 Å². The minimum absolute atomic E-state index is 0. The van der Waals surface area contributed by atoms with Gasteiger partial charge in [0.2, 0.25) is 0 Å². The molecule has 0 fully saturated rings. The molecule has 9 heavy (non-hydrogen) atoms. The van der Waals surface area contributed by atoms with E-state index in [1.807, 2.05) is 0 Å². The first-order chi connectivity index (χ1) is 3.46. The number of rotatable bonds is 0. The first-order valence-corrected chi connectivity index (χ1v) is 3.67. The molecule has 0 aromatic rings. The molecule has 52 valence electrons. The Morgan fingerprint density at radius 1 is 0.778 bits per heavy atom. The third-order valence-electron chi connectivity index (χ3n) is 0. The molecule has 0 aromatic heterocycles. The van der Waals surface area contributed by atoms with Crippen molar-refractivity contribution in [3.05, 3.63) is 0 Å². The van der Waals surface area contributed by atoms with E-state index in [4.69, 9.17) is 28.7 Å². The van der Waals surface area contributed by atoms with E-state index in [0.717, 1.165) is 0 Å². The Hall–Kier alpha value is 1.62. The summed E-state index contributed by atoms with van der Waals surface area (Å²) in [5.74, 6) is 0. The summed E-state index contributed by atoms with van der Waals surface area (Å²) in [4.78, 5) is 34.1. The second-order valence-corrected chi connectivity index (χ2v) is 1.50. The predicted molar refractivity (Wildman–Crippen MR) is 18.0 cm³/mol. The Morgan fingerprint density at radius 2 is 0.778 bits per heavy atom. The third-order valence-corrected chi connectivity index (χ3v) is 0. The first-order valence-electron chi connectivity index (χ1n) is 1.22. The quantitative estimate of drug-likeness (QED) is 0.389. The van der Waals surface area contributed by atoms with Crippen molar-refractivity contribution in [2.45, 2.75) is 0 Å². The minimum Gasteiger partial charge on any atom is -0.813 e. The maximum atomic E-state index is 8.52. The molecule has 0 saturated heterocycles. The van der Waals surface area contributed by atoms with Gasteiger partial charge in [0.25, 0.3) is 0 Å². The van der Waals surface area contributed by atoms with Gasteiger partial charge < -0.3 is 28.7 Å². The van der Waals surface area contributed by atoms with Gasteiger partial charge in [0.1, 0.15) is 0 Å². The summed E-state index contributed by atoms with van der Waals surface area (Å²) in [5, 5.41) is 0. The van der Waals surface area contributed by atoms with Gasteiger partial charge in [0.05, 0.1) is 0 Å². The third kappa shape index (κ3) is 212. The van der Waals surface area contributed by atoms with E-state index in [1.54, 1.807) is 0 Å². The fourth-order valence-electron chi connectivity index (χ4n) is 0. The molecular formula is H2O6P2Th. The van der Waals surface area contributed by atoms with Crippen LogP contribution < -0.4 is 19.6 Å². The Bertz CT molecular complexity index is 69.1. The van der Waals surface area contributed by atoms with E-state index in [9.17, 15) is 0 Å². The molecular weight excluding hydrogens is 390 g/mol. The average Bonchev–Trinajstić information content (AvgIpc) is 1.25. The summed E-state index contributed by atoms with van der Waals surface area (Å²) >= 11 is 0. The van der Waals surface area contributed by atoms with Crippen LogP contribution >= 0.6 is 16.5 Å². The maximum Gasteiger partial charge on any atom is 4.00 e. The van der Waals surface area contributed by atoms with E-state index < -0.39 is 16.5 Å². The maximum absolute atomic E-state index is 8.52. The smallest absolute Gasteiger partial charge is 0.813 e. The molecule has 0 aliphatic heterocycles. The summed E-state index contributed by atoms with van der Waals surface area (Å²) in [7, 11) is -7.26. The van der Waals surface area contributed by atoms with Crippen LogP contribution in [0, 0.1) is 39.9 Å². The normalized spacial score (nSPS) is 7.78. The zero-order valence-electron chi connectivity index (χ0n) is 3.95. The summed E-state index contributed by atoms with van der Waals surface area (Å²) < 4.78 is 17.0. The van der Waals surface area contributed by atoms with E-state index in [1.165, 1.54) is 0 Å². The summed E-state index contributed by atoms with van der Waals surface area (Å²) in [6.07, 6.45) is 0. The molecule has 0 aliphatic rings. The van der Waals surface area contributed by atoms with Crippen molar-refractivity contribution in [1.29, 1.82) is 0 Å². The van der Waals surface area contributed by atoms with Crippen molar-refractivity contribution in [3.8, 4) is 0 Å². The molecule has 0 spiro atoms. The average molecular weight is 392 g/mol. The molecule has 0 atom stereocenters. The molecule has 0 bridgehead atoms. The van der Waals surface area contributed by atoms with E-state index >= 15 is 0 Å². The van der Waals surface area contributed by atoms with Gasteiger partial charge in [-0.3, -0.25) is 0 Å². The van der Waals surface area contributed by atoms with Gasteiger partial charge >= 0.3 is 39.9 Å². The molecule has 0 unspecified atom stereocenters. The van der Waals surface area contributed by atoms with Crippen LogP contribution in [0.3, 0.4) is 0 Å². The fraction of sp³-hybridized carbons (Fsp3) is 0. The van der Waals surface area contributed by atoms with Crippen molar-refractivity contribution >= 4 is 16.5 Å². The Kier molecular flexibility index (Phi) is 23.2. The topological polar surface area (TPSA) is 126 Å². The molecule has 0 amide bonds. The molecule has 6 nitrogen and oxygen atoms in total. The minimum atomic E-state index is -3.63. The van der Waals surface area contributed by atoms with Crippen LogP contribution in [0.2, 0.25) is 0 Å². The van der Waals surface area contributed by atoms with Crippen molar-refractivity contribution in [1.82, 2.24) is 0 Å². The van der Waals surface area contributed by atoms with Gasteiger partial charge in [-0.25, -0.2) is 0 Å². The van der Waals surface area contributed by atoms with Crippen LogP contribution in [0.15, 0.2) is 0 Å².